The summed E-state index contributed by atoms with van der Waals surface area (Å²) in [5.41, 5.74) is -0.0443. The third-order valence-electron chi connectivity index (χ3n) is 3.59. The molecule has 0 aromatic rings. The van der Waals surface area contributed by atoms with Crippen molar-refractivity contribution in [2.75, 3.05) is 0 Å². The predicted molar refractivity (Wildman–Crippen MR) is 54.9 cm³/mol. The summed E-state index contributed by atoms with van der Waals surface area (Å²) in [4.78, 5) is 11.9. The smallest absolute Gasteiger partial charge is 0.312 e. The Bertz CT molecular complexity index is 212. The number of carbonyl (C=O) groups excluding carboxylic acids is 1. The van der Waals surface area contributed by atoms with Gasteiger partial charge in [-0.2, -0.15) is 0 Å². The summed E-state index contributed by atoms with van der Waals surface area (Å²) in [6, 6.07) is 0. The molecule has 0 aromatic carbocycles. The van der Waals surface area contributed by atoms with Crippen molar-refractivity contribution in [1.29, 1.82) is 0 Å². The van der Waals surface area contributed by atoms with Gasteiger partial charge in [0.25, 0.3) is 0 Å². The van der Waals surface area contributed by atoms with Crippen molar-refractivity contribution in [2.45, 2.75) is 64.4 Å². The second-order valence-corrected chi connectivity index (χ2v) is 4.84. The van der Waals surface area contributed by atoms with E-state index in [1.165, 1.54) is 12.8 Å². The molecule has 0 amide bonds. The van der Waals surface area contributed by atoms with Gasteiger partial charge in [-0.3, -0.25) is 4.79 Å². The van der Waals surface area contributed by atoms with E-state index in [-0.39, 0.29) is 17.5 Å². The molecular weight excluding hydrogens is 176 g/mol. The molecular formula is C12H20O2. The average molecular weight is 196 g/mol. The summed E-state index contributed by atoms with van der Waals surface area (Å²) in [5.74, 6) is 0.103. The lowest BCUT2D eigenvalue weighted by Gasteiger charge is -2.17. The van der Waals surface area contributed by atoms with Gasteiger partial charge >= 0.3 is 5.97 Å². The Balaban J connectivity index is 1.82. The van der Waals surface area contributed by atoms with Gasteiger partial charge in [-0.25, -0.2) is 0 Å². The first-order chi connectivity index (χ1) is 6.77. The van der Waals surface area contributed by atoms with Crippen LogP contribution in [-0.4, -0.2) is 12.1 Å². The van der Waals surface area contributed by atoms with Crippen molar-refractivity contribution < 1.29 is 9.53 Å². The van der Waals surface area contributed by atoms with Gasteiger partial charge in [-0.1, -0.05) is 13.3 Å². The molecule has 0 aliphatic heterocycles. The topological polar surface area (TPSA) is 26.3 Å². The van der Waals surface area contributed by atoms with Crippen molar-refractivity contribution in [3.8, 4) is 0 Å². The summed E-state index contributed by atoms with van der Waals surface area (Å²) in [5, 5.41) is 0. The first-order valence-electron chi connectivity index (χ1n) is 5.98. The molecule has 0 atom stereocenters. The standard InChI is InChI=1S/C12H20O2/c1-2-7-12(8-9-12)11(13)14-10-5-3-4-6-10/h10H,2-9H2,1H3. The molecule has 2 aliphatic carbocycles. The molecule has 0 saturated heterocycles. The first kappa shape index (κ1) is 10.0. The minimum atomic E-state index is -0.0443. The van der Waals surface area contributed by atoms with Crippen molar-refractivity contribution in [3.05, 3.63) is 0 Å². The summed E-state index contributed by atoms with van der Waals surface area (Å²) in [7, 11) is 0. The molecule has 2 fully saturated rings. The molecule has 80 valence electrons. The summed E-state index contributed by atoms with van der Waals surface area (Å²) in [6.07, 6.45) is 9.15. The van der Waals surface area contributed by atoms with Crippen LogP contribution in [0.15, 0.2) is 0 Å². The van der Waals surface area contributed by atoms with Crippen LogP contribution in [0.4, 0.5) is 0 Å². The highest BCUT2D eigenvalue weighted by Crippen LogP contribution is 2.51. The minimum absolute atomic E-state index is 0.0443. The Morgan fingerprint density at radius 1 is 1.36 bits per heavy atom. The molecule has 2 rings (SSSR count). The molecule has 0 unspecified atom stereocenters. The zero-order chi connectivity index (χ0) is 10.0. The fourth-order valence-corrected chi connectivity index (χ4v) is 2.47. The maximum atomic E-state index is 11.9. The van der Waals surface area contributed by atoms with Crippen molar-refractivity contribution in [3.63, 3.8) is 0 Å². The Labute approximate surface area is 86.0 Å². The number of esters is 1. The lowest BCUT2D eigenvalue weighted by Crippen LogP contribution is -2.23. The van der Waals surface area contributed by atoms with Crippen LogP contribution in [0.1, 0.15) is 58.3 Å². The molecule has 2 nitrogen and oxygen atoms in total. The average Bonchev–Trinajstić information content (AvgIpc) is 2.77. The van der Waals surface area contributed by atoms with E-state index in [2.05, 4.69) is 6.92 Å². The highest BCUT2D eigenvalue weighted by atomic mass is 16.5. The predicted octanol–water partition coefficient (Wildman–Crippen LogP) is 3.05. The quantitative estimate of drug-likeness (QED) is 0.646. The second kappa shape index (κ2) is 3.92. The zero-order valence-electron chi connectivity index (χ0n) is 9.05. The van der Waals surface area contributed by atoms with Crippen LogP contribution >= 0.6 is 0 Å². The molecule has 0 radical (unpaired) electrons. The van der Waals surface area contributed by atoms with Crippen molar-refractivity contribution in [1.82, 2.24) is 0 Å². The van der Waals surface area contributed by atoms with Gasteiger partial charge in [0.15, 0.2) is 0 Å². The van der Waals surface area contributed by atoms with Crippen LogP contribution in [0, 0.1) is 5.41 Å². The fourth-order valence-electron chi connectivity index (χ4n) is 2.47. The molecule has 0 aromatic heterocycles. The van der Waals surface area contributed by atoms with Crippen molar-refractivity contribution in [2.24, 2.45) is 5.41 Å². The number of ether oxygens (including phenoxy) is 1. The first-order valence-corrected chi connectivity index (χ1v) is 5.98. The van der Waals surface area contributed by atoms with E-state index in [0.717, 1.165) is 38.5 Å². The normalized spacial score (nSPS) is 24.9. The van der Waals surface area contributed by atoms with Crippen LogP contribution in [0.25, 0.3) is 0 Å². The highest BCUT2D eigenvalue weighted by Gasteiger charge is 2.50. The molecule has 0 spiro atoms. The molecule has 0 heterocycles. The molecule has 2 saturated carbocycles. The Hall–Kier alpha value is -0.530. The molecule has 2 heteroatoms. The van der Waals surface area contributed by atoms with E-state index in [0.29, 0.717) is 0 Å². The lowest BCUT2D eigenvalue weighted by molar-refractivity contribution is -0.155. The SMILES string of the molecule is CCCC1(C(=O)OC2CCCC2)CC1. The maximum Gasteiger partial charge on any atom is 0.312 e. The third kappa shape index (κ3) is 1.94. The fraction of sp³-hybridized carbons (Fsp3) is 0.917. The number of rotatable bonds is 4. The monoisotopic (exact) mass is 196 g/mol. The molecule has 0 N–H and O–H groups in total. The van der Waals surface area contributed by atoms with Gasteiger partial charge < -0.3 is 4.74 Å². The van der Waals surface area contributed by atoms with Gasteiger partial charge in [0.2, 0.25) is 0 Å². The van der Waals surface area contributed by atoms with Gasteiger partial charge in [0.05, 0.1) is 5.41 Å². The van der Waals surface area contributed by atoms with E-state index >= 15 is 0 Å². The largest absolute Gasteiger partial charge is 0.462 e. The maximum absolute atomic E-state index is 11.9. The van der Waals surface area contributed by atoms with Crippen LogP contribution in [0.3, 0.4) is 0 Å². The number of hydrogen-bond donors (Lipinski definition) is 0. The molecule has 2 aliphatic rings. The van der Waals surface area contributed by atoms with Crippen LogP contribution in [-0.2, 0) is 9.53 Å². The van der Waals surface area contributed by atoms with Gasteiger partial charge in [0, 0.05) is 0 Å². The Kier molecular flexibility index (Phi) is 2.80. The van der Waals surface area contributed by atoms with Gasteiger partial charge in [0.1, 0.15) is 6.10 Å². The van der Waals surface area contributed by atoms with E-state index in [4.69, 9.17) is 4.74 Å². The molecule has 14 heavy (non-hydrogen) atoms. The zero-order valence-corrected chi connectivity index (χ0v) is 9.05. The van der Waals surface area contributed by atoms with Crippen molar-refractivity contribution >= 4 is 5.97 Å². The number of carbonyl (C=O) groups is 1. The van der Waals surface area contributed by atoms with E-state index in [9.17, 15) is 4.79 Å². The second-order valence-electron chi connectivity index (χ2n) is 4.84. The van der Waals surface area contributed by atoms with Gasteiger partial charge in [-0.05, 0) is 44.9 Å². The van der Waals surface area contributed by atoms with E-state index in [1.807, 2.05) is 0 Å². The van der Waals surface area contributed by atoms with E-state index in [1.54, 1.807) is 0 Å². The highest BCUT2D eigenvalue weighted by molar-refractivity contribution is 5.79. The number of hydrogen-bond acceptors (Lipinski definition) is 2. The van der Waals surface area contributed by atoms with Gasteiger partial charge in [-0.15, -0.1) is 0 Å². The minimum Gasteiger partial charge on any atom is -0.462 e. The summed E-state index contributed by atoms with van der Waals surface area (Å²) < 4.78 is 5.55. The van der Waals surface area contributed by atoms with Crippen LogP contribution < -0.4 is 0 Å². The Morgan fingerprint density at radius 3 is 2.50 bits per heavy atom. The van der Waals surface area contributed by atoms with Crippen LogP contribution in [0.5, 0.6) is 0 Å². The summed E-state index contributed by atoms with van der Waals surface area (Å²) in [6.45, 7) is 2.14. The lowest BCUT2D eigenvalue weighted by atomic mass is 10.0. The summed E-state index contributed by atoms with van der Waals surface area (Å²) >= 11 is 0. The van der Waals surface area contributed by atoms with E-state index < -0.39 is 0 Å². The Morgan fingerprint density at radius 2 is 2.00 bits per heavy atom. The third-order valence-corrected chi connectivity index (χ3v) is 3.59. The van der Waals surface area contributed by atoms with Crippen LogP contribution in [0.2, 0.25) is 0 Å². The molecule has 0 bridgehead atoms.